The molecule has 0 saturated heterocycles. The molecule has 0 bridgehead atoms. The molecular weight excluding hydrogens is 260 g/mol. The molecule has 0 aliphatic heterocycles. The van der Waals surface area contributed by atoms with Crippen molar-refractivity contribution in [3.63, 3.8) is 0 Å². The van der Waals surface area contributed by atoms with Crippen molar-refractivity contribution in [1.29, 1.82) is 0 Å². The molecule has 0 fully saturated rings. The zero-order valence-corrected chi connectivity index (χ0v) is 10.7. The maximum atomic E-state index is 11.7. The van der Waals surface area contributed by atoms with Crippen LogP contribution in [0, 0.1) is 0 Å². The summed E-state index contributed by atoms with van der Waals surface area (Å²) in [5.41, 5.74) is 1.19. The van der Waals surface area contributed by atoms with Gasteiger partial charge < -0.3 is 15.4 Å². The minimum absolute atomic E-state index is 0.0769. The van der Waals surface area contributed by atoms with Crippen molar-refractivity contribution in [1.82, 2.24) is 10.6 Å². The van der Waals surface area contributed by atoms with Gasteiger partial charge in [0.15, 0.2) is 0 Å². The van der Waals surface area contributed by atoms with E-state index in [1.165, 1.54) is 6.08 Å². The number of nitrogens with one attached hydrogen (secondary N) is 2. The van der Waals surface area contributed by atoms with Crippen molar-refractivity contribution in [3.8, 4) is 0 Å². The van der Waals surface area contributed by atoms with Crippen LogP contribution < -0.4 is 10.6 Å². The Balaban J connectivity index is 2.51. The number of aldehydes is 2. The molecule has 0 spiro atoms. The first-order valence-corrected chi connectivity index (χ1v) is 5.88. The summed E-state index contributed by atoms with van der Waals surface area (Å²) in [5.74, 6) is -0.826. The van der Waals surface area contributed by atoms with E-state index < -0.39 is 11.8 Å². The number of allylic oxidation sites excluding steroid dienone is 1. The predicted molar refractivity (Wildman–Crippen MR) is 72.9 cm³/mol. The zero-order valence-electron chi connectivity index (χ0n) is 10.7. The Morgan fingerprint density at radius 2 is 1.75 bits per heavy atom. The molecule has 1 aromatic rings. The summed E-state index contributed by atoms with van der Waals surface area (Å²) in [6.45, 7) is -0.272. The van der Waals surface area contributed by atoms with Crippen molar-refractivity contribution < 1.29 is 19.2 Å². The van der Waals surface area contributed by atoms with Gasteiger partial charge in [0.2, 0.25) is 5.91 Å². The Hall–Kier alpha value is -2.76. The highest BCUT2D eigenvalue weighted by molar-refractivity contribution is 5.96. The van der Waals surface area contributed by atoms with Gasteiger partial charge in [-0.25, -0.2) is 0 Å². The first kappa shape index (κ1) is 15.3. The first-order valence-electron chi connectivity index (χ1n) is 5.88. The molecule has 0 saturated carbocycles. The predicted octanol–water partition coefficient (Wildman–Crippen LogP) is -0.0564. The quantitative estimate of drug-likeness (QED) is 0.538. The highest BCUT2D eigenvalue weighted by Gasteiger charge is 2.07. The third-order valence-electron chi connectivity index (χ3n) is 2.33. The Kier molecular flexibility index (Phi) is 6.40. The minimum Gasteiger partial charge on any atom is -0.348 e. The van der Waals surface area contributed by atoms with Crippen molar-refractivity contribution >= 4 is 30.5 Å². The summed E-state index contributed by atoms with van der Waals surface area (Å²) in [6.07, 6.45) is 4.19. The van der Waals surface area contributed by atoms with Crippen LogP contribution in [0.2, 0.25) is 0 Å². The lowest BCUT2D eigenvalue weighted by molar-refractivity contribution is -0.121. The summed E-state index contributed by atoms with van der Waals surface area (Å²) in [7, 11) is 0. The zero-order chi connectivity index (χ0) is 14.8. The van der Waals surface area contributed by atoms with E-state index in [-0.39, 0.29) is 13.1 Å². The van der Waals surface area contributed by atoms with Gasteiger partial charge in [-0.15, -0.1) is 0 Å². The van der Waals surface area contributed by atoms with E-state index in [2.05, 4.69) is 10.6 Å². The molecule has 0 radical (unpaired) electrons. The van der Waals surface area contributed by atoms with Crippen LogP contribution in [0.1, 0.15) is 15.9 Å². The molecule has 2 N–H and O–H groups in total. The highest BCUT2D eigenvalue weighted by atomic mass is 16.2. The molecule has 2 amide bonds. The SMILES string of the molecule is O=C/C=C/c1ccc(C(=O)NCC(=O)NCC=O)cc1. The number of amides is 2. The van der Waals surface area contributed by atoms with Crippen LogP contribution in [-0.2, 0) is 14.4 Å². The summed E-state index contributed by atoms with van der Waals surface area (Å²) in [4.78, 5) is 43.1. The lowest BCUT2D eigenvalue weighted by Crippen LogP contribution is -2.37. The number of hydrogen-bond acceptors (Lipinski definition) is 4. The molecule has 0 aliphatic carbocycles. The number of hydrogen-bond donors (Lipinski definition) is 2. The molecule has 1 rings (SSSR count). The van der Waals surface area contributed by atoms with Gasteiger partial charge in [-0.05, 0) is 23.8 Å². The van der Waals surface area contributed by atoms with Gasteiger partial charge in [-0.3, -0.25) is 14.4 Å². The maximum Gasteiger partial charge on any atom is 0.251 e. The fourth-order valence-electron chi connectivity index (χ4n) is 1.38. The highest BCUT2D eigenvalue weighted by Crippen LogP contribution is 2.05. The van der Waals surface area contributed by atoms with Gasteiger partial charge in [0.25, 0.3) is 5.91 Å². The monoisotopic (exact) mass is 274 g/mol. The Bertz CT molecular complexity index is 520. The van der Waals surface area contributed by atoms with Gasteiger partial charge in [0, 0.05) is 5.56 Å². The molecule has 6 heteroatoms. The molecular formula is C14H14N2O4. The van der Waals surface area contributed by atoms with Crippen molar-refractivity contribution in [2.45, 2.75) is 0 Å². The molecule has 0 aromatic heterocycles. The van der Waals surface area contributed by atoms with E-state index in [9.17, 15) is 19.2 Å². The largest absolute Gasteiger partial charge is 0.348 e. The average Bonchev–Trinajstić information content (AvgIpc) is 2.49. The third-order valence-corrected chi connectivity index (χ3v) is 2.33. The first-order chi connectivity index (χ1) is 9.67. The molecule has 6 nitrogen and oxygen atoms in total. The summed E-state index contributed by atoms with van der Waals surface area (Å²) in [6, 6.07) is 6.54. The molecule has 1 aromatic carbocycles. The molecule has 0 atom stereocenters. The number of carbonyl (C=O) groups excluding carboxylic acids is 4. The van der Waals surface area contributed by atoms with Gasteiger partial charge >= 0.3 is 0 Å². The minimum atomic E-state index is -0.434. The summed E-state index contributed by atoms with van der Waals surface area (Å²) < 4.78 is 0. The number of rotatable bonds is 7. The van der Waals surface area contributed by atoms with Crippen LogP contribution in [0.3, 0.4) is 0 Å². The number of carbonyl (C=O) groups is 4. The van der Waals surface area contributed by atoms with Crippen LogP contribution in [-0.4, -0.2) is 37.5 Å². The second-order valence-corrected chi connectivity index (χ2v) is 3.77. The van der Waals surface area contributed by atoms with E-state index >= 15 is 0 Å². The Labute approximate surface area is 115 Å². The normalized spacial score (nSPS) is 10.0. The lowest BCUT2D eigenvalue weighted by Gasteiger charge is -2.05. The molecule has 0 unspecified atom stereocenters. The van der Waals surface area contributed by atoms with Crippen LogP contribution >= 0.6 is 0 Å². The van der Waals surface area contributed by atoms with Crippen LogP contribution in [0.15, 0.2) is 30.3 Å². The fraction of sp³-hybridized carbons (Fsp3) is 0.143. The number of benzene rings is 1. The van der Waals surface area contributed by atoms with Gasteiger partial charge in [-0.1, -0.05) is 18.2 Å². The molecule has 20 heavy (non-hydrogen) atoms. The van der Waals surface area contributed by atoms with E-state index in [1.54, 1.807) is 30.3 Å². The van der Waals surface area contributed by atoms with Gasteiger partial charge in [0.05, 0.1) is 13.1 Å². The summed E-state index contributed by atoms with van der Waals surface area (Å²) in [5, 5.41) is 4.74. The van der Waals surface area contributed by atoms with Crippen molar-refractivity contribution in [2.75, 3.05) is 13.1 Å². The van der Waals surface area contributed by atoms with E-state index in [0.29, 0.717) is 18.1 Å². The van der Waals surface area contributed by atoms with Crippen molar-refractivity contribution in [3.05, 3.63) is 41.5 Å². The second kappa shape index (κ2) is 8.36. The fourth-order valence-corrected chi connectivity index (χ4v) is 1.38. The van der Waals surface area contributed by atoms with Crippen LogP contribution in [0.5, 0.6) is 0 Å². The topological polar surface area (TPSA) is 92.3 Å². The van der Waals surface area contributed by atoms with E-state index in [4.69, 9.17) is 0 Å². The van der Waals surface area contributed by atoms with E-state index in [0.717, 1.165) is 5.56 Å². The average molecular weight is 274 g/mol. The molecule has 0 heterocycles. The molecule has 104 valence electrons. The summed E-state index contributed by atoms with van der Waals surface area (Å²) >= 11 is 0. The molecule has 0 aliphatic rings. The standard InChI is InChI=1S/C14H14N2O4/c17-8-1-2-11-3-5-12(6-4-11)14(20)16-10-13(19)15-7-9-18/h1-6,8-9H,7,10H2,(H,15,19)(H,16,20)/b2-1+. The second-order valence-electron chi connectivity index (χ2n) is 3.77. The van der Waals surface area contributed by atoms with Crippen molar-refractivity contribution in [2.24, 2.45) is 0 Å². The third kappa shape index (κ3) is 5.26. The maximum absolute atomic E-state index is 11.7. The van der Waals surface area contributed by atoms with Gasteiger partial charge in [0.1, 0.15) is 12.6 Å². The van der Waals surface area contributed by atoms with Gasteiger partial charge in [-0.2, -0.15) is 0 Å². The van der Waals surface area contributed by atoms with E-state index in [1.807, 2.05) is 0 Å². The van der Waals surface area contributed by atoms with Crippen LogP contribution in [0.4, 0.5) is 0 Å². The Morgan fingerprint density at radius 3 is 2.35 bits per heavy atom. The lowest BCUT2D eigenvalue weighted by atomic mass is 10.1. The van der Waals surface area contributed by atoms with Crippen LogP contribution in [0.25, 0.3) is 6.08 Å². The smallest absolute Gasteiger partial charge is 0.251 e. The Morgan fingerprint density at radius 1 is 1.05 bits per heavy atom.